The molecule has 0 saturated heterocycles. The Hall–Kier alpha value is -1.71. The van der Waals surface area contributed by atoms with E-state index in [2.05, 4.69) is 0 Å². The second-order valence-corrected chi connectivity index (χ2v) is 5.00. The van der Waals surface area contributed by atoms with Gasteiger partial charge < -0.3 is 9.47 Å². The first-order valence-corrected chi connectivity index (χ1v) is 6.65. The van der Waals surface area contributed by atoms with Crippen molar-refractivity contribution in [2.75, 3.05) is 6.61 Å². The molecule has 104 valence electrons. The van der Waals surface area contributed by atoms with Crippen molar-refractivity contribution in [3.05, 3.63) is 58.1 Å². The second kappa shape index (κ2) is 6.64. The predicted molar refractivity (Wildman–Crippen MR) is 78.8 cm³/mol. The highest BCUT2D eigenvalue weighted by molar-refractivity contribution is 6.35. The third-order valence-corrected chi connectivity index (χ3v) is 2.99. The Morgan fingerprint density at radius 3 is 2.65 bits per heavy atom. The van der Waals surface area contributed by atoms with E-state index in [1.807, 2.05) is 19.1 Å². The first-order chi connectivity index (χ1) is 9.54. The molecule has 0 fully saturated rings. The first kappa shape index (κ1) is 14.7. The maximum atomic E-state index is 11.7. The molecule has 0 aliphatic rings. The van der Waals surface area contributed by atoms with Gasteiger partial charge in [-0.3, -0.25) is 0 Å². The number of halogens is 2. The van der Waals surface area contributed by atoms with E-state index in [0.29, 0.717) is 21.5 Å². The zero-order valence-corrected chi connectivity index (χ0v) is 12.2. The van der Waals surface area contributed by atoms with E-state index in [-0.39, 0.29) is 6.61 Å². The van der Waals surface area contributed by atoms with Crippen LogP contribution in [0.3, 0.4) is 0 Å². The van der Waals surface area contributed by atoms with Gasteiger partial charge in [0.1, 0.15) is 11.5 Å². The quantitative estimate of drug-likeness (QED) is 0.624. The van der Waals surface area contributed by atoms with Crippen molar-refractivity contribution in [2.45, 2.75) is 6.92 Å². The molecule has 0 aliphatic carbocycles. The van der Waals surface area contributed by atoms with Gasteiger partial charge in [0.2, 0.25) is 0 Å². The Labute approximate surface area is 127 Å². The van der Waals surface area contributed by atoms with Crippen molar-refractivity contribution in [1.82, 2.24) is 0 Å². The largest absolute Gasteiger partial charge is 0.480 e. The molecule has 20 heavy (non-hydrogen) atoms. The van der Waals surface area contributed by atoms with Crippen LogP contribution in [0.2, 0.25) is 10.0 Å². The van der Waals surface area contributed by atoms with Crippen LogP contribution < -0.4 is 9.47 Å². The minimum Gasteiger partial charge on any atom is -0.480 e. The average molecular weight is 311 g/mol. The van der Waals surface area contributed by atoms with E-state index in [4.69, 9.17) is 32.7 Å². The summed E-state index contributed by atoms with van der Waals surface area (Å²) >= 11 is 11.7. The molecule has 0 aliphatic heterocycles. The number of ether oxygens (including phenoxy) is 2. The maximum Gasteiger partial charge on any atom is 0.349 e. The normalized spacial score (nSPS) is 10.2. The van der Waals surface area contributed by atoms with Crippen molar-refractivity contribution in [3.8, 4) is 11.5 Å². The van der Waals surface area contributed by atoms with Crippen LogP contribution in [0.1, 0.15) is 5.56 Å². The highest BCUT2D eigenvalue weighted by atomic mass is 35.5. The van der Waals surface area contributed by atoms with Gasteiger partial charge in [-0.15, -0.1) is 0 Å². The number of rotatable bonds is 4. The zero-order valence-electron chi connectivity index (χ0n) is 10.7. The molecule has 0 aromatic heterocycles. The molecule has 5 heteroatoms. The summed E-state index contributed by atoms with van der Waals surface area (Å²) in [7, 11) is 0. The lowest BCUT2D eigenvalue weighted by Gasteiger charge is -2.08. The number of benzene rings is 2. The van der Waals surface area contributed by atoms with Gasteiger partial charge in [0.25, 0.3) is 0 Å². The number of esters is 1. The van der Waals surface area contributed by atoms with Crippen molar-refractivity contribution in [1.29, 1.82) is 0 Å². The van der Waals surface area contributed by atoms with Crippen molar-refractivity contribution < 1.29 is 14.3 Å². The van der Waals surface area contributed by atoms with Gasteiger partial charge in [-0.25, -0.2) is 4.79 Å². The third kappa shape index (κ3) is 4.15. The Balaban J connectivity index is 1.92. The molecule has 2 aromatic carbocycles. The standard InChI is InChI=1S/C15H12Cl2O3/c1-10-3-2-4-12(7-10)20-15(18)9-19-14-6-5-11(16)8-13(14)17/h2-8H,9H2,1H3. The van der Waals surface area contributed by atoms with Crippen LogP contribution >= 0.6 is 23.2 Å². The number of hydrogen-bond donors (Lipinski definition) is 0. The fraction of sp³-hybridized carbons (Fsp3) is 0.133. The Bertz CT molecular complexity index is 626. The lowest BCUT2D eigenvalue weighted by molar-refractivity contribution is -0.136. The molecule has 0 bridgehead atoms. The molecule has 2 aromatic rings. The van der Waals surface area contributed by atoms with E-state index in [1.165, 1.54) is 0 Å². The summed E-state index contributed by atoms with van der Waals surface area (Å²) in [5, 5.41) is 0.852. The average Bonchev–Trinajstić information content (AvgIpc) is 2.37. The molecule has 0 amide bonds. The maximum absolute atomic E-state index is 11.7. The van der Waals surface area contributed by atoms with Crippen LogP contribution in [0.5, 0.6) is 11.5 Å². The van der Waals surface area contributed by atoms with Gasteiger partial charge in [0.05, 0.1) is 5.02 Å². The van der Waals surface area contributed by atoms with Gasteiger partial charge in [0.15, 0.2) is 6.61 Å². The summed E-state index contributed by atoms with van der Waals surface area (Å²) in [4.78, 5) is 11.7. The fourth-order valence-electron chi connectivity index (χ4n) is 1.57. The Morgan fingerprint density at radius 1 is 1.15 bits per heavy atom. The summed E-state index contributed by atoms with van der Waals surface area (Å²) in [6.45, 7) is 1.69. The summed E-state index contributed by atoms with van der Waals surface area (Å²) in [6.07, 6.45) is 0. The Kier molecular flexibility index (Phi) is 4.88. The van der Waals surface area contributed by atoms with E-state index in [9.17, 15) is 4.79 Å². The van der Waals surface area contributed by atoms with Gasteiger partial charge in [-0.1, -0.05) is 35.3 Å². The van der Waals surface area contributed by atoms with Crippen LogP contribution in [-0.4, -0.2) is 12.6 Å². The van der Waals surface area contributed by atoms with Gasteiger partial charge in [-0.2, -0.15) is 0 Å². The fourth-order valence-corrected chi connectivity index (χ4v) is 2.03. The molecular formula is C15H12Cl2O3. The summed E-state index contributed by atoms with van der Waals surface area (Å²) in [5.41, 5.74) is 1.01. The van der Waals surface area contributed by atoms with E-state index < -0.39 is 5.97 Å². The van der Waals surface area contributed by atoms with Gasteiger partial charge >= 0.3 is 5.97 Å². The second-order valence-electron chi connectivity index (χ2n) is 4.15. The number of carbonyl (C=O) groups excluding carboxylic acids is 1. The zero-order chi connectivity index (χ0) is 14.5. The number of aryl methyl sites for hydroxylation is 1. The summed E-state index contributed by atoms with van der Waals surface area (Å²) < 4.78 is 10.4. The number of hydrogen-bond acceptors (Lipinski definition) is 3. The lowest BCUT2D eigenvalue weighted by Crippen LogP contribution is -2.17. The topological polar surface area (TPSA) is 35.5 Å². The molecule has 3 nitrogen and oxygen atoms in total. The minimum absolute atomic E-state index is 0.227. The van der Waals surface area contributed by atoms with Gasteiger partial charge in [-0.05, 0) is 42.8 Å². The number of carbonyl (C=O) groups is 1. The van der Waals surface area contributed by atoms with E-state index in [0.717, 1.165) is 5.56 Å². The molecule has 0 saturated carbocycles. The van der Waals surface area contributed by atoms with Crippen LogP contribution in [0.4, 0.5) is 0 Å². The summed E-state index contributed by atoms with van der Waals surface area (Å²) in [6, 6.07) is 12.0. The predicted octanol–water partition coefficient (Wildman–Crippen LogP) is 4.29. The third-order valence-electron chi connectivity index (χ3n) is 2.46. The van der Waals surface area contributed by atoms with Crippen molar-refractivity contribution in [2.24, 2.45) is 0 Å². The van der Waals surface area contributed by atoms with Crippen LogP contribution in [-0.2, 0) is 4.79 Å². The van der Waals surface area contributed by atoms with Crippen molar-refractivity contribution in [3.63, 3.8) is 0 Å². The molecule has 2 rings (SSSR count). The van der Waals surface area contributed by atoms with Gasteiger partial charge in [0, 0.05) is 5.02 Å². The summed E-state index contributed by atoms with van der Waals surface area (Å²) in [5.74, 6) is 0.375. The van der Waals surface area contributed by atoms with Crippen LogP contribution in [0, 0.1) is 6.92 Å². The molecular weight excluding hydrogens is 299 g/mol. The molecule has 0 N–H and O–H groups in total. The molecule has 0 spiro atoms. The Morgan fingerprint density at radius 2 is 1.95 bits per heavy atom. The minimum atomic E-state index is -0.499. The first-order valence-electron chi connectivity index (χ1n) is 5.90. The van der Waals surface area contributed by atoms with Crippen LogP contribution in [0.25, 0.3) is 0 Å². The molecule has 0 heterocycles. The molecule has 0 radical (unpaired) electrons. The smallest absolute Gasteiger partial charge is 0.349 e. The highest BCUT2D eigenvalue weighted by Gasteiger charge is 2.08. The lowest BCUT2D eigenvalue weighted by atomic mass is 10.2. The molecule has 0 atom stereocenters. The van der Waals surface area contributed by atoms with Crippen molar-refractivity contribution >= 4 is 29.2 Å². The SMILES string of the molecule is Cc1cccc(OC(=O)COc2ccc(Cl)cc2Cl)c1. The van der Waals surface area contributed by atoms with E-state index >= 15 is 0 Å². The van der Waals surface area contributed by atoms with E-state index in [1.54, 1.807) is 30.3 Å². The monoisotopic (exact) mass is 310 g/mol. The highest BCUT2D eigenvalue weighted by Crippen LogP contribution is 2.27. The van der Waals surface area contributed by atoms with Crippen LogP contribution in [0.15, 0.2) is 42.5 Å². The molecule has 0 unspecified atom stereocenters.